The molecule has 3 nitrogen and oxygen atoms in total. The van der Waals surface area contributed by atoms with Crippen molar-refractivity contribution >= 4 is 12.0 Å². The minimum absolute atomic E-state index is 0.00200. The smallest absolute Gasteiger partial charge is 0.107 e. The number of anilines is 1. The summed E-state index contributed by atoms with van der Waals surface area (Å²) < 4.78 is 0. The summed E-state index contributed by atoms with van der Waals surface area (Å²) in [5.41, 5.74) is 4.60. The molecule has 0 amide bonds. The lowest BCUT2D eigenvalue weighted by Gasteiger charge is -2.21. The van der Waals surface area contributed by atoms with Gasteiger partial charge in [0.25, 0.3) is 0 Å². The maximum atomic E-state index is 4.68. The van der Waals surface area contributed by atoms with Crippen LogP contribution < -0.4 is 5.32 Å². The van der Waals surface area contributed by atoms with Crippen LogP contribution in [0.25, 0.3) is 11.1 Å². The van der Waals surface area contributed by atoms with Crippen molar-refractivity contribution in [2.24, 2.45) is 4.99 Å². The van der Waals surface area contributed by atoms with Crippen LogP contribution in [0.2, 0.25) is 0 Å². The van der Waals surface area contributed by atoms with E-state index in [-0.39, 0.29) is 11.1 Å². The normalized spacial score (nSPS) is 12.8. The molecule has 2 N–H and O–H groups in total. The van der Waals surface area contributed by atoms with Crippen molar-refractivity contribution in [3.8, 4) is 11.1 Å². The van der Waals surface area contributed by atoms with Gasteiger partial charge in [-0.05, 0) is 59.6 Å². The highest BCUT2D eigenvalue weighted by atomic mass is 15.1. The molecule has 0 aliphatic heterocycles. The van der Waals surface area contributed by atoms with Crippen molar-refractivity contribution in [2.75, 3.05) is 5.32 Å². The van der Waals surface area contributed by atoms with Gasteiger partial charge in [-0.25, -0.2) is 0 Å². The van der Waals surface area contributed by atoms with Crippen molar-refractivity contribution in [3.63, 3.8) is 0 Å². The number of nitrogens with zero attached hydrogens (tertiary/aromatic N) is 1. The van der Waals surface area contributed by atoms with E-state index in [1.54, 1.807) is 0 Å². The zero-order valence-electron chi connectivity index (χ0n) is 15.4. The van der Waals surface area contributed by atoms with Gasteiger partial charge in [-0.3, -0.25) is 4.99 Å². The average Bonchev–Trinajstić information content (AvgIpc) is 2.71. The van der Waals surface area contributed by atoms with Crippen LogP contribution >= 0.6 is 0 Å². The summed E-state index contributed by atoms with van der Waals surface area (Å²) in [6, 6.07) is 10.5. The first-order valence-electron chi connectivity index (χ1n) is 8.18. The van der Waals surface area contributed by atoms with Crippen molar-refractivity contribution in [1.82, 2.24) is 4.98 Å². The fourth-order valence-electron chi connectivity index (χ4n) is 2.45. The number of nitrogens with one attached hydrogen (secondary N) is 2. The first-order chi connectivity index (χ1) is 10.6. The summed E-state index contributed by atoms with van der Waals surface area (Å²) >= 11 is 0. The Morgan fingerprint density at radius 1 is 1.00 bits per heavy atom. The maximum Gasteiger partial charge on any atom is 0.107 e. The second kappa shape index (κ2) is 6.23. The molecule has 1 aromatic heterocycles. The molecule has 2 aromatic rings. The van der Waals surface area contributed by atoms with Crippen LogP contribution in [0, 0.1) is 6.92 Å². The van der Waals surface area contributed by atoms with Crippen molar-refractivity contribution in [2.45, 2.75) is 59.5 Å². The van der Waals surface area contributed by atoms with Crippen LogP contribution in [0.1, 0.15) is 52.8 Å². The van der Waals surface area contributed by atoms with Gasteiger partial charge in [0.1, 0.15) is 5.82 Å². The van der Waals surface area contributed by atoms with Crippen LogP contribution in [0.3, 0.4) is 0 Å². The molecular weight excluding hydrogens is 282 g/mol. The first-order valence-corrected chi connectivity index (χ1v) is 8.18. The number of benzene rings is 1. The lowest BCUT2D eigenvalue weighted by atomic mass is 10.0. The maximum absolute atomic E-state index is 4.68. The number of rotatable bonds is 3. The largest absolute Gasteiger partial charge is 0.367 e. The molecule has 0 aliphatic carbocycles. The zero-order chi connectivity index (χ0) is 17.3. The molecule has 0 saturated carbocycles. The number of hydrogen-bond donors (Lipinski definition) is 2. The van der Waals surface area contributed by atoms with Crippen LogP contribution in [0.5, 0.6) is 0 Å². The number of aliphatic imine (C=N–C) groups is 1. The predicted octanol–water partition coefficient (Wildman–Crippen LogP) is 5.42. The van der Waals surface area contributed by atoms with Gasteiger partial charge in [0.2, 0.25) is 0 Å². The number of aromatic amines is 1. The van der Waals surface area contributed by atoms with Crippen LogP contribution in [0.15, 0.2) is 35.3 Å². The molecule has 1 heterocycles. The molecule has 3 heteroatoms. The van der Waals surface area contributed by atoms with Gasteiger partial charge in [-0.15, -0.1) is 0 Å². The topological polar surface area (TPSA) is 40.2 Å². The van der Waals surface area contributed by atoms with Crippen LogP contribution in [-0.2, 0) is 0 Å². The van der Waals surface area contributed by atoms with Crippen molar-refractivity contribution < 1.29 is 0 Å². The lowest BCUT2D eigenvalue weighted by Crippen LogP contribution is -2.26. The highest BCUT2D eigenvalue weighted by Gasteiger charge is 2.19. The Morgan fingerprint density at radius 3 is 2.13 bits per heavy atom. The van der Waals surface area contributed by atoms with E-state index in [1.807, 2.05) is 12.3 Å². The number of hydrogen-bond acceptors (Lipinski definition) is 2. The van der Waals surface area contributed by atoms with E-state index in [4.69, 9.17) is 0 Å². The predicted molar refractivity (Wildman–Crippen MR) is 102 cm³/mol. The minimum atomic E-state index is -0.0927. The molecule has 0 fully saturated rings. The van der Waals surface area contributed by atoms with Crippen molar-refractivity contribution in [3.05, 3.63) is 41.6 Å². The third-order valence-corrected chi connectivity index (χ3v) is 3.42. The number of aromatic nitrogens is 1. The quantitative estimate of drug-likeness (QED) is 0.730. The van der Waals surface area contributed by atoms with Gasteiger partial charge in [0, 0.05) is 17.3 Å². The monoisotopic (exact) mass is 311 g/mol. The summed E-state index contributed by atoms with van der Waals surface area (Å²) in [6.07, 6.45) is 1.96. The van der Waals surface area contributed by atoms with E-state index in [9.17, 15) is 0 Å². The Balaban J connectivity index is 2.55. The highest BCUT2D eigenvalue weighted by molar-refractivity contribution is 5.93. The summed E-state index contributed by atoms with van der Waals surface area (Å²) in [5.74, 6) is 1.06. The standard InChI is InChI=1S/C20H29N3/c1-14-17(15-11-9-8-10-12-15)16(13-21-19(2,3)4)22-18(14)23-20(5,6)7/h8-13,22-23H,1-7H3. The summed E-state index contributed by atoms with van der Waals surface area (Å²) in [6.45, 7) is 15.0. The van der Waals surface area contributed by atoms with Gasteiger partial charge >= 0.3 is 0 Å². The van der Waals surface area contributed by atoms with Gasteiger partial charge in [0.15, 0.2) is 0 Å². The van der Waals surface area contributed by atoms with E-state index in [1.165, 1.54) is 16.7 Å². The molecule has 0 aliphatic rings. The molecule has 0 radical (unpaired) electrons. The molecule has 2 rings (SSSR count). The molecule has 0 bridgehead atoms. The summed E-state index contributed by atoms with van der Waals surface area (Å²) in [5, 5.41) is 3.56. The zero-order valence-corrected chi connectivity index (χ0v) is 15.4. The molecule has 0 unspecified atom stereocenters. The van der Waals surface area contributed by atoms with Gasteiger partial charge < -0.3 is 10.3 Å². The van der Waals surface area contributed by atoms with Crippen LogP contribution in [-0.4, -0.2) is 22.3 Å². The Kier molecular flexibility index (Phi) is 4.69. The lowest BCUT2D eigenvalue weighted by molar-refractivity contribution is 0.586. The summed E-state index contributed by atoms with van der Waals surface area (Å²) in [4.78, 5) is 8.20. The summed E-state index contributed by atoms with van der Waals surface area (Å²) in [7, 11) is 0. The molecule has 124 valence electrons. The Labute approximate surface area is 140 Å². The van der Waals surface area contributed by atoms with Crippen molar-refractivity contribution in [1.29, 1.82) is 0 Å². The third kappa shape index (κ3) is 4.72. The minimum Gasteiger partial charge on any atom is -0.367 e. The SMILES string of the molecule is Cc1c(NC(C)(C)C)[nH]c(C=NC(C)(C)C)c1-c1ccccc1. The van der Waals surface area contributed by atoms with E-state index < -0.39 is 0 Å². The van der Waals surface area contributed by atoms with E-state index in [0.29, 0.717) is 0 Å². The second-order valence-corrected chi connectivity index (χ2v) is 8.08. The fraction of sp³-hybridized carbons (Fsp3) is 0.450. The molecule has 0 atom stereocenters. The average molecular weight is 311 g/mol. The van der Waals surface area contributed by atoms with E-state index in [2.05, 4.69) is 88.0 Å². The van der Waals surface area contributed by atoms with Gasteiger partial charge in [-0.2, -0.15) is 0 Å². The molecule has 23 heavy (non-hydrogen) atoms. The van der Waals surface area contributed by atoms with E-state index >= 15 is 0 Å². The van der Waals surface area contributed by atoms with Crippen LogP contribution in [0.4, 0.5) is 5.82 Å². The molecule has 1 aromatic carbocycles. The highest BCUT2D eigenvalue weighted by Crippen LogP contribution is 2.33. The Morgan fingerprint density at radius 2 is 1.61 bits per heavy atom. The third-order valence-electron chi connectivity index (χ3n) is 3.42. The molecule has 0 spiro atoms. The van der Waals surface area contributed by atoms with E-state index in [0.717, 1.165) is 11.5 Å². The molecular formula is C20H29N3. The second-order valence-electron chi connectivity index (χ2n) is 8.08. The van der Waals surface area contributed by atoms with Gasteiger partial charge in [0.05, 0.1) is 11.2 Å². The Hall–Kier alpha value is -2.03. The Bertz CT molecular complexity index is 680. The van der Waals surface area contributed by atoms with Gasteiger partial charge in [-0.1, -0.05) is 30.3 Å². The molecule has 0 saturated heterocycles. The fourth-order valence-corrected chi connectivity index (χ4v) is 2.45. The number of H-pyrrole nitrogens is 1. The first kappa shape index (κ1) is 17.3.